The lowest BCUT2D eigenvalue weighted by atomic mass is 10.2. The summed E-state index contributed by atoms with van der Waals surface area (Å²) in [6, 6.07) is 12.2. The van der Waals surface area contributed by atoms with Crippen molar-refractivity contribution in [2.45, 2.75) is 10.6 Å². The van der Waals surface area contributed by atoms with E-state index in [0.717, 1.165) is 16.7 Å². The van der Waals surface area contributed by atoms with Crippen LogP contribution in [0.25, 0.3) is 0 Å². The Morgan fingerprint density at radius 1 is 1.25 bits per heavy atom. The molecule has 0 unspecified atom stereocenters. The molecule has 0 saturated carbocycles. The van der Waals surface area contributed by atoms with Gasteiger partial charge < -0.3 is 0 Å². The van der Waals surface area contributed by atoms with Crippen LogP contribution in [0.2, 0.25) is 0 Å². The van der Waals surface area contributed by atoms with Gasteiger partial charge in [0.15, 0.2) is 0 Å². The van der Waals surface area contributed by atoms with Crippen molar-refractivity contribution in [3.8, 4) is 0 Å². The van der Waals surface area contributed by atoms with Crippen LogP contribution in [0, 0.1) is 10.1 Å². The maximum Gasteiger partial charge on any atom is 0.283 e. The van der Waals surface area contributed by atoms with Crippen molar-refractivity contribution in [3.63, 3.8) is 0 Å². The second kappa shape index (κ2) is 6.67. The number of carbonyl (C=O) groups excluding carboxylic acids is 1. The molecule has 102 valence electrons. The van der Waals surface area contributed by atoms with Crippen LogP contribution in [0.15, 0.2) is 51.8 Å². The maximum absolute atomic E-state index is 10.9. The van der Waals surface area contributed by atoms with Crippen LogP contribution in [0.1, 0.15) is 15.9 Å². The second-order valence-electron chi connectivity index (χ2n) is 3.99. The Kier molecular flexibility index (Phi) is 4.92. The first kappa shape index (κ1) is 14.7. The molecule has 2 aromatic carbocycles. The van der Waals surface area contributed by atoms with Crippen molar-refractivity contribution in [3.05, 3.63) is 68.2 Å². The van der Waals surface area contributed by atoms with Gasteiger partial charge in [-0.2, -0.15) is 0 Å². The lowest BCUT2D eigenvalue weighted by Crippen LogP contribution is -1.92. The Labute approximate surface area is 128 Å². The summed E-state index contributed by atoms with van der Waals surface area (Å²) < 4.78 is 0.504. The number of carbonyl (C=O) groups is 1. The molecule has 0 aliphatic carbocycles. The number of nitro benzene ring substituents is 1. The topological polar surface area (TPSA) is 60.2 Å². The van der Waals surface area contributed by atoms with Crippen molar-refractivity contribution in [2.75, 3.05) is 0 Å². The van der Waals surface area contributed by atoms with Gasteiger partial charge in [-0.1, -0.05) is 24.3 Å². The summed E-state index contributed by atoms with van der Waals surface area (Å²) in [6.07, 6.45) is 0.799. The van der Waals surface area contributed by atoms with E-state index in [2.05, 4.69) is 15.9 Å². The van der Waals surface area contributed by atoms with Gasteiger partial charge in [0.2, 0.25) is 0 Å². The van der Waals surface area contributed by atoms with Gasteiger partial charge in [0.1, 0.15) is 6.29 Å². The van der Waals surface area contributed by atoms with Crippen molar-refractivity contribution >= 4 is 39.7 Å². The standard InChI is InChI=1S/C14H10BrNO3S/c15-14-11(4-2-6-13(14)16(18)19)9-20-12-5-1-3-10(7-12)8-17/h1-8H,9H2. The quantitative estimate of drug-likeness (QED) is 0.345. The average Bonchev–Trinajstić information content (AvgIpc) is 2.46. The highest BCUT2D eigenvalue weighted by atomic mass is 79.9. The Morgan fingerprint density at radius 3 is 2.70 bits per heavy atom. The van der Waals surface area contributed by atoms with Crippen LogP contribution >= 0.6 is 27.7 Å². The number of halogens is 1. The van der Waals surface area contributed by atoms with Crippen LogP contribution < -0.4 is 0 Å². The fourth-order valence-electron chi connectivity index (χ4n) is 1.66. The molecular weight excluding hydrogens is 342 g/mol. The minimum atomic E-state index is -0.411. The molecule has 6 heteroatoms. The van der Waals surface area contributed by atoms with E-state index in [4.69, 9.17) is 0 Å². The fraction of sp³-hybridized carbons (Fsp3) is 0.0714. The molecule has 20 heavy (non-hydrogen) atoms. The molecule has 0 spiro atoms. The highest BCUT2D eigenvalue weighted by molar-refractivity contribution is 9.10. The molecule has 0 aromatic heterocycles. The molecule has 0 aliphatic rings. The third-order valence-electron chi connectivity index (χ3n) is 2.64. The van der Waals surface area contributed by atoms with Crippen LogP contribution in [-0.2, 0) is 5.75 Å². The average molecular weight is 352 g/mol. The van der Waals surface area contributed by atoms with E-state index in [-0.39, 0.29) is 5.69 Å². The van der Waals surface area contributed by atoms with Gasteiger partial charge in [-0.05, 0) is 33.6 Å². The summed E-state index contributed by atoms with van der Waals surface area (Å²) >= 11 is 4.80. The summed E-state index contributed by atoms with van der Waals surface area (Å²) in [6.45, 7) is 0. The number of nitro groups is 1. The number of hydrogen-bond donors (Lipinski definition) is 0. The highest BCUT2D eigenvalue weighted by Crippen LogP contribution is 2.32. The maximum atomic E-state index is 10.9. The second-order valence-corrected chi connectivity index (χ2v) is 5.83. The molecule has 0 radical (unpaired) electrons. The first-order valence-electron chi connectivity index (χ1n) is 5.71. The summed E-state index contributed by atoms with van der Waals surface area (Å²) in [5, 5.41) is 10.9. The van der Waals surface area contributed by atoms with E-state index >= 15 is 0 Å². The smallest absolute Gasteiger partial charge is 0.283 e. The molecule has 2 rings (SSSR count). The van der Waals surface area contributed by atoms with Crippen LogP contribution in [0.4, 0.5) is 5.69 Å². The Hall–Kier alpha value is -1.66. The zero-order valence-electron chi connectivity index (χ0n) is 10.3. The minimum absolute atomic E-state index is 0.0599. The number of aldehydes is 1. The molecule has 0 aliphatic heterocycles. The number of hydrogen-bond acceptors (Lipinski definition) is 4. The number of rotatable bonds is 5. The van der Waals surface area contributed by atoms with Crippen LogP contribution in [0.3, 0.4) is 0 Å². The van der Waals surface area contributed by atoms with E-state index in [1.807, 2.05) is 18.2 Å². The monoisotopic (exact) mass is 351 g/mol. The van der Waals surface area contributed by atoms with E-state index < -0.39 is 4.92 Å². The lowest BCUT2D eigenvalue weighted by Gasteiger charge is -2.05. The SMILES string of the molecule is O=Cc1cccc(SCc2cccc([N+](=O)[O-])c2Br)c1. The van der Waals surface area contributed by atoms with Gasteiger partial charge in [-0.25, -0.2) is 0 Å². The Bertz CT molecular complexity index is 661. The highest BCUT2D eigenvalue weighted by Gasteiger charge is 2.14. The van der Waals surface area contributed by atoms with Crippen molar-refractivity contribution in [2.24, 2.45) is 0 Å². The molecule has 0 N–H and O–H groups in total. The van der Waals surface area contributed by atoms with Crippen LogP contribution in [-0.4, -0.2) is 11.2 Å². The molecule has 0 heterocycles. The lowest BCUT2D eigenvalue weighted by molar-refractivity contribution is -0.385. The van der Waals surface area contributed by atoms with E-state index in [9.17, 15) is 14.9 Å². The zero-order valence-corrected chi connectivity index (χ0v) is 12.7. The predicted octanol–water partition coefficient (Wildman–Crippen LogP) is 4.46. The van der Waals surface area contributed by atoms with E-state index in [0.29, 0.717) is 15.8 Å². The van der Waals surface area contributed by atoms with Crippen molar-refractivity contribution < 1.29 is 9.72 Å². The summed E-state index contributed by atoms with van der Waals surface area (Å²) in [5.74, 6) is 0.588. The van der Waals surface area contributed by atoms with Gasteiger partial charge in [0.05, 0.1) is 9.40 Å². The molecule has 0 fully saturated rings. The van der Waals surface area contributed by atoms with Gasteiger partial charge in [0.25, 0.3) is 5.69 Å². The molecule has 0 bridgehead atoms. The molecule has 0 atom stereocenters. The number of benzene rings is 2. The minimum Gasteiger partial charge on any atom is -0.298 e. The Balaban J connectivity index is 2.16. The van der Waals surface area contributed by atoms with Gasteiger partial charge >= 0.3 is 0 Å². The predicted molar refractivity (Wildman–Crippen MR) is 82.2 cm³/mol. The normalized spacial score (nSPS) is 10.2. The number of thioether (sulfide) groups is 1. The fourth-order valence-corrected chi connectivity index (χ4v) is 3.35. The summed E-state index contributed by atoms with van der Waals surface area (Å²) in [7, 11) is 0. The first-order chi connectivity index (χ1) is 9.61. The van der Waals surface area contributed by atoms with Crippen molar-refractivity contribution in [1.29, 1.82) is 0 Å². The number of nitrogens with zero attached hydrogens (tertiary/aromatic N) is 1. The third kappa shape index (κ3) is 3.46. The molecule has 0 saturated heterocycles. The summed E-state index contributed by atoms with van der Waals surface area (Å²) in [5.41, 5.74) is 1.53. The van der Waals surface area contributed by atoms with Gasteiger partial charge in [-0.15, -0.1) is 11.8 Å². The molecule has 4 nitrogen and oxygen atoms in total. The van der Waals surface area contributed by atoms with Gasteiger partial charge in [0, 0.05) is 22.3 Å². The zero-order chi connectivity index (χ0) is 14.5. The largest absolute Gasteiger partial charge is 0.298 e. The molecule has 0 amide bonds. The van der Waals surface area contributed by atoms with E-state index in [1.165, 1.54) is 17.8 Å². The van der Waals surface area contributed by atoms with E-state index in [1.54, 1.807) is 18.2 Å². The van der Waals surface area contributed by atoms with Crippen molar-refractivity contribution in [1.82, 2.24) is 0 Å². The first-order valence-corrected chi connectivity index (χ1v) is 7.49. The van der Waals surface area contributed by atoms with Gasteiger partial charge in [-0.3, -0.25) is 14.9 Å². The summed E-state index contributed by atoms with van der Waals surface area (Å²) in [4.78, 5) is 22.1. The molecule has 2 aromatic rings. The Morgan fingerprint density at radius 2 is 2.00 bits per heavy atom. The molecular formula is C14H10BrNO3S. The third-order valence-corrected chi connectivity index (χ3v) is 4.60. The van der Waals surface area contributed by atoms with Crippen LogP contribution in [0.5, 0.6) is 0 Å².